The van der Waals surface area contributed by atoms with Gasteiger partial charge in [-0.05, 0) is 36.6 Å². The molecular weight excluding hydrogens is 304 g/mol. The molecule has 3 rings (SSSR count). The third-order valence-electron chi connectivity index (χ3n) is 3.64. The molecule has 0 bridgehead atoms. The van der Waals surface area contributed by atoms with E-state index in [9.17, 15) is 4.79 Å². The Morgan fingerprint density at radius 2 is 2.32 bits per heavy atom. The van der Waals surface area contributed by atoms with Crippen LogP contribution in [0.3, 0.4) is 0 Å². The number of amides is 1. The van der Waals surface area contributed by atoms with Crippen molar-refractivity contribution in [3.8, 4) is 0 Å². The standard InChI is InChI=1S/C15H15BrN2O/c16-9-11-5-7-18(10-11)15(19)13-3-4-14-12(8-13)2-1-6-17-14/h1-4,6,8,11H,5,7,9-10H2. The van der Waals surface area contributed by atoms with E-state index in [4.69, 9.17) is 0 Å². The number of carbonyl (C=O) groups excluding carboxylic acids is 1. The zero-order valence-electron chi connectivity index (χ0n) is 10.6. The van der Waals surface area contributed by atoms with E-state index in [1.807, 2.05) is 35.2 Å². The molecule has 1 unspecified atom stereocenters. The summed E-state index contributed by atoms with van der Waals surface area (Å²) in [4.78, 5) is 18.7. The molecule has 0 saturated carbocycles. The van der Waals surface area contributed by atoms with Crippen LogP contribution in [0.25, 0.3) is 10.9 Å². The molecule has 2 heterocycles. The third-order valence-corrected chi connectivity index (χ3v) is 4.56. The van der Waals surface area contributed by atoms with Gasteiger partial charge in [0.2, 0.25) is 0 Å². The number of hydrogen-bond donors (Lipinski definition) is 0. The molecule has 1 aromatic heterocycles. The monoisotopic (exact) mass is 318 g/mol. The fraction of sp³-hybridized carbons (Fsp3) is 0.333. The summed E-state index contributed by atoms with van der Waals surface area (Å²) in [6.07, 6.45) is 2.86. The highest BCUT2D eigenvalue weighted by Crippen LogP contribution is 2.21. The van der Waals surface area contributed by atoms with Crippen molar-refractivity contribution in [1.29, 1.82) is 0 Å². The SMILES string of the molecule is O=C(c1ccc2ncccc2c1)N1CCC(CBr)C1. The van der Waals surface area contributed by atoms with Crippen LogP contribution in [0.1, 0.15) is 16.8 Å². The van der Waals surface area contributed by atoms with Crippen LogP contribution in [0.15, 0.2) is 36.5 Å². The second-order valence-electron chi connectivity index (χ2n) is 4.97. The first-order valence-corrected chi connectivity index (χ1v) is 7.60. The van der Waals surface area contributed by atoms with Crippen molar-refractivity contribution in [1.82, 2.24) is 9.88 Å². The molecule has 0 spiro atoms. The average Bonchev–Trinajstić information content (AvgIpc) is 2.95. The largest absolute Gasteiger partial charge is 0.338 e. The molecule has 3 nitrogen and oxygen atoms in total. The van der Waals surface area contributed by atoms with Crippen molar-refractivity contribution in [3.63, 3.8) is 0 Å². The van der Waals surface area contributed by atoms with Crippen LogP contribution in [-0.2, 0) is 0 Å². The molecule has 1 aromatic carbocycles. The number of halogens is 1. The van der Waals surface area contributed by atoms with Gasteiger partial charge in [0.25, 0.3) is 5.91 Å². The van der Waals surface area contributed by atoms with E-state index in [1.165, 1.54) is 0 Å². The van der Waals surface area contributed by atoms with E-state index in [2.05, 4.69) is 20.9 Å². The van der Waals surface area contributed by atoms with E-state index >= 15 is 0 Å². The summed E-state index contributed by atoms with van der Waals surface area (Å²) in [6, 6.07) is 9.61. The number of alkyl halides is 1. The second kappa shape index (κ2) is 5.29. The molecular formula is C15H15BrN2O. The van der Waals surface area contributed by atoms with Crippen LogP contribution >= 0.6 is 15.9 Å². The molecule has 1 aliphatic heterocycles. The van der Waals surface area contributed by atoms with E-state index in [0.29, 0.717) is 5.92 Å². The summed E-state index contributed by atoms with van der Waals surface area (Å²) in [6.45, 7) is 1.72. The van der Waals surface area contributed by atoms with Gasteiger partial charge < -0.3 is 4.90 Å². The highest BCUT2D eigenvalue weighted by molar-refractivity contribution is 9.09. The van der Waals surface area contributed by atoms with Crippen LogP contribution in [0.5, 0.6) is 0 Å². The minimum Gasteiger partial charge on any atom is -0.338 e. The van der Waals surface area contributed by atoms with Crippen LogP contribution in [0.4, 0.5) is 0 Å². The summed E-state index contributed by atoms with van der Waals surface area (Å²) in [5.41, 5.74) is 1.69. The minimum atomic E-state index is 0.134. The predicted octanol–water partition coefficient (Wildman–Crippen LogP) is 3.09. The quantitative estimate of drug-likeness (QED) is 0.797. The summed E-state index contributed by atoms with van der Waals surface area (Å²) >= 11 is 3.50. The molecule has 1 aliphatic rings. The predicted molar refractivity (Wildman–Crippen MR) is 79.5 cm³/mol. The normalized spacial score (nSPS) is 19.0. The van der Waals surface area contributed by atoms with Gasteiger partial charge in [0.05, 0.1) is 5.52 Å². The topological polar surface area (TPSA) is 33.2 Å². The van der Waals surface area contributed by atoms with Gasteiger partial charge in [-0.3, -0.25) is 9.78 Å². The van der Waals surface area contributed by atoms with Crippen molar-refractivity contribution in [3.05, 3.63) is 42.1 Å². The highest BCUT2D eigenvalue weighted by atomic mass is 79.9. The van der Waals surface area contributed by atoms with E-state index in [-0.39, 0.29) is 5.91 Å². The number of aromatic nitrogens is 1. The van der Waals surface area contributed by atoms with Crippen molar-refractivity contribution >= 4 is 32.7 Å². The Labute approximate surface area is 120 Å². The minimum absolute atomic E-state index is 0.134. The number of benzene rings is 1. The first-order chi connectivity index (χ1) is 9.28. The molecule has 0 N–H and O–H groups in total. The Hall–Kier alpha value is -1.42. The smallest absolute Gasteiger partial charge is 0.253 e. The van der Waals surface area contributed by atoms with Gasteiger partial charge in [-0.25, -0.2) is 0 Å². The average molecular weight is 319 g/mol. The molecule has 4 heteroatoms. The summed E-state index contributed by atoms with van der Waals surface area (Å²) in [7, 11) is 0. The van der Waals surface area contributed by atoms with Gasteiger partial charge in [0.1, 0.15) is 0 Å². The lowest BCUT2D eigenvalue weighted by molar-refractivity contribution is 0.0788. The zero-order chi connectivity index (χ0) is 13.2. The Kier molecular flexibility index (Phi) is 3.51. The van der Waals surface area contributed by atoms with Gasteiger partial charge in [-0.1, -0.05) is 22.0 Å². The molecule has 1 saturated heterocycles. The van der Waals surface area contributed by atoms with Crippen molar-refractivity contribution in [2.75, 3.05) is 18.4 Å². The number of fused-ring (bicyclic) bond motifs is 1. The van der Waals surface area contributed by atoms with Crippen LogP contribution in [0, 0.1) is 5.92 Å². The van der Waals surface area contributed by atoms with Crippen LogP contribution < -0.4 is 0 Å². The number of carbonyl (C=O) groups is 1. The lowest BCUT2D eigenvalue weighted by atomic mass is 10.1. The molecule has 0 aliphatic carbocycles. The van der Waals surface area contributed by atoms with Gasteiger partial charge >= 0.3 is 0 Å². The summed E-state index contributed by atoms with van der Waals surface area (Å²) < 4.78 is 0. The number of rotatable bonds is 2. The lowest BCUT2D eigenvalue weighted by Gasteiger charge is -2.16. The Morgan fingerprint density at radius 3 is 3.11 bits per heavy atom. The second-order valence-corrected chi connectivity index (χ2v) is 5.62. The number of pyridine rings is 1. The fourth-order valence-corrected chi connectivity index (χ4v) is 3.06. The van der Waals surface area contributed by atoms with Gasteiger partial charge in [0, 0.05) is 35.6 Å². The Morgan fingerprint density at radius 1 is 1.42 bits per heavy atom. The first-order valence-electron chi connectivity index (χ1n) is 6.48. The maximum absolute atomic E-state index is 12.4. The van der Waals surface area contributed by atoms with Crippen molar-refractivity contribution in [2.24, 2.45) is 5.92 Å². The molecule has 0 radical (unpaired) electrons. The molecule has 2 aromatic rings. The number of nitrogens with zero attached hydrogens (tertiary/aromatic N) is 2. The molecule has 1 atom stereocenters. The molecule has 98 valence electrons. The Bertz CT molecular complexity index is 614. The highest BCUT2D eigenvalue weighted by Gasteiger charge is 2.26. The lowest BCUT2D eigenvalue weighted by Crippen LogP contribution is -2.28. The summed E-state index contributed by atoms with van der Waals surface area (Å²) in [5, 5.41) is 1.99. The van der Waals surface area contributed by atoms with E-state index in [1.54, 1.807) is 6.20 Å². The van der Waals surface area contributed by atoms with Crippen LogP contribution in [-0.4, -0.2) is 34.2 Å². The molecule has 1 fully saturated rings. The molecule has 19 heavy (non-hydrogen) atoms. The van der Waals surface area contributed by atoms with Gasteiger partial charge in [-0.15, -0.1) is 0 Å². The fourth-order valence-electron chi connectivity index (χ4n) is 2.53. The molecule has 1 amide bonds. The van der Waals surface area contributed by atoms with E-state index in [0.717, 1.165) is 41.3 Å². The Balaban J connectivity index is 1.85. The van der Waals surface area contributed by atoms with Crippen molar-refractivity contribution in [2.45, 2.75) is 6.42 Å². The maximum atomic E-state index is 12.4. The van der Waals surface area contributed by atoms with E-state index < -0.39 is 0 Å². The van der Waals surface area contributed by atoms with Gasteiger partial charge in [0.15, 0.2) is 0 Å². The van der Waals surface area contributed by atoms with Crippen molar-refractivity contribution < 1.29 is 4.79 Å². The summed E-state index contributed by atoms with van der Waals surface area (Å²) in [5.74, 6) is 0.722. The third kappa shape index (κ3) is 2.50. The zero-order valence-corrected chi connectivity index (χ0v) is 12.1. The maximum Gasteiger partial charge on any atom is 0.253 e. The number of hydrogen-bond acceptors (Lipinski definition) is 2. The van der Waals surface area contributed by atoms with Gasteiger partial charge in [-0.2, -0.15) is 0 Å². The van der Waals surface area contributed by atoms with Crippen LogP contribution in [0.2, 0.25) is 0 Å². The first kappa shape index (κ1) is 12.6. The number of likely N-dealkylation sites (tertiary alicyclic amines) is 1.